The Morgan fingerprint density at radius 2 is 2.00 bits per heavy atom. The molecule has 2 heterocycles. The molecule has 18 heavy (non-hydrogen) atoms. The van der Waals surface area contributed by atoms with Crippen LogP contribution >= 0.6 is 0 Å². The van der Waals surface area contributed by atoms with Gasteiger partial charge in [-0.3, -0.25) is 0 Å². The second kappa shape index (κ2) is 4.72. The minimum absolute atomic E-state index is 0.0795. The van der Waals surface area contributed by atoms with Gasteiger partial charge in [-0.05, 0) is 52.4 Å². The molecular formula is C14H25NO3. The number of nitrogens with zero attached hydrogens (tertiary/aromatic N) is 1. The van der Waals surface area contributed by atoms with Crippen LogP contribution in [0.5, 0.6) is 0 Å². The fourth-order valence-corrected chi connectivity index (χ4v) is 3.09. The van der Waals surface area contributed by atoms with E-state index in [1.807, 2.05) is 25.7 Å². The number of hydrogen-bond acceptors (Lipinski definition) is 3. The monoisotopic (exact) mass is 255 g/mol. The van der Waals surface area contributed by atoms with Gasteiger partial charge in [0.1, 0.15) is 5.60 Å². The Morgan fingerprint density at radius 3 is 2.50 bits per heavy atom. The average Bonchev–Trinajstić information content (AvgIpc) is 2.57. The van der Waals surface area contributed by atoms with Crippen molar-refractivity contribution in [3.05, 3.63) is 0 Å². The van der Waals surface area contributed by atoms with Crippen LogP contribution in [-0.2, 0) is 4.74 Å². The maximum atomic E-state index is 12.2. The predicted octanol–water partition coefficient (Wildman–Crippen LogP) is 2.41. The zero-order valence-corrected chi connectivity index (χ0v) is 11.7. The van der Waals surface area contributed by atoms with Crippen LogP contribution in [-0.4, -0.2) is 41.4 Å². The lowest BCUT2D eigenvalue weighted by atomic mass is 9.72. The van der Waals surface area contributed by atoms with Crippen LogP contribution in [0.1, 0.15) is 46.5 Å². The van der Waals surface area contributed by atoms with Crippen molar-refractivity contribution in [2.24, 2.45) is 11.3 Å². The second-order valence-electron chi connectivity index (χ2n) is 6.96. The van der Waals surface area contributed by atoms with Crippen LogP contribution < -0.4 is 0 Å². The van der Waals surface area contributed by atoms with Crippen molar-refractivity contribution in [1.82, 2.24) is 4.90 Å². The van der Waals surface area contributed by atoms with Gasteiger partial charge < -0.3 is 14.7 Å². The number of ether oxygens (including phenoxy) is 1. The summed E-state index contributed by atoms with van der Waals surface area (Å²) in [4.78, 5) is 14.0. The van der Waals surface area contributed by atoms with Gasteiger partial charge in [0, 0.05) is 18.5 Å². The van der Waals surface area contributed by atoms with Gasteiger partial charge in [-0.2, -0.15) is 0 Å². The molecule has 3 fully saturated rings. The van der Waals surface area contributed by atoms with E-state index in [4.69, 9.17) is 4.74 Å². The SMILES string of the molecule is CC(C)(C)OC(=O)N1CC2CCC(CO)(CC2)C1. The van der Waals surface area contributed by atoms with Gasteiger partial charge in [-0.15, -0.1) is 0 Å². The molecule has 0 radical (unpaired) electrons. The van der Waals surface area contributed by atoms with Crippen molar-refractivity contribution in [3.63, 3.8) is 0 Å². The molecule has 0 aromatic rings. The van der Waals surface area contributed by atoms with Crippen LogP contribution in [0.25, 0.3) is 0 Å². The molecule has 1 saturated carbocycles. The number of fused-ring (bicyclic) bond motifs is 4. The molecule has 1 N–H and O–H groups in total. The molecule has 0 aromatic carbocycles. The molecular weight excluding hydrogens is 230 g/mol. The van der Waals surface area contributed by atoms with E-state index in [9.17, 15) is 9.90 Å². The number of aliphatic hydroxyl groups excluding tert-OH is 1. The number of carbonyl (C=O) groups excluding carboxylic acids is 1. The Balaban J connectivity index is 2.07. The number of aliphatic hydroxyl groups is 1. The molecule has 0 unspecified atom stereocenters. The predicted molar refractivity (Wildman–Crippen MR) is 69.3 cm³/mol. The highest BCUT2D eigenvalue weighted by Crippen LogP contribution is 2.43. The van der Waals surface area contributed by atoms with E-state index in [0.717, 1.165) is 32.2 Å². The molecule has 2 aliphatic heterocycles. The third-order valence-corrected chi connectivity index (χ3v) is 4.16. The van der Waals surface area contributed by atoms with Crippen molar-refractivity contribution in [2.75, 3.05) is 19.7 Å². The standard InChI is InChI=1S/C14H25NO3/c1-13(2,3)18-12(17)15-8-11-4-6-14(9-15,10-16)7-5-11/h11,16H,4-10H2,1-3H3. The molecule has 104 valence electrons. The van der Waals surface area contributed by atoms with E-state index in [0.29, 0.717) is 12.5 Å². The molecule has 3 rings (SSSR count). The van der Waals surface area contributed by atoms with Gasteiger partial charge in [0.25, 0.3) is 0 Å². The summed E-state index contributed by atoms with van der Waals surface area (Å²) in [7, 11) is 0. The number of carbonyl (C=O) groups is 1. The summed E-state index contributed by atoms with van der Waals surface area (Å²) in [5.74, 6) is 0.583. The molecule has 0 spiro atoms. The Kier molecular flexibility index (Phi) is 3.58. The average molecular weight is 255 g/mol. The number of hydrogen-bond donors (Lipinski definition) is 1. The first-order valence-corrected chi connectivity index (χ1v) is 6.92. The van der Waals surface area contributed by atoms with Gasteiger partial charge in [0.05, 0.1) is 6.61 Å². The van der Waals surface area contributed by atoms with Crippen molar-refractivity contribution < 1.29 is 14.6 Å². The first-order chi connectivity index (χ1) is 8.34. The van der Waals surface area contributed by atoms with Gasteiger partial charge >= 0.3 is 6.09 Å². The van der Waals surface area contributed by atoms with Crippen LogP contribution in [0.4, 0.5) is 4.79 Å². The molecule has 0 aromatic heterocycles. The van der Waals surface area contributed by atoms with Crippen molar-refractivity contribution in [3.8, 4) is 0 Å². The summed E-state index contributed by atoms with van der Waals surface area (Å²) in [5, 5.41) is 9.64. The Labute approximate surface area is 109 Å². The van der Waals surface area contributed by atoms with Gasteiger partial charge in [0.2, 0.25) is 0 Å². The lowest BCUT2D eigenvalue weighted by molar-refractivity contribution is 0.0127. The van der Waals surface area contributed by atoms with E-state index >= 15 is 0 Å². The van der Waals surface area contributed by atoms with Crippen molar-refractivity contribution >= 4 is 6.09 Å². The maximum Gasteiger partial charge on any atom is 0.410 e. The minimum atomic E-state index is -0.450. The first-order valence-electron chi connectivity index (χ1n) is 6.92. The minimum Gasteiger partial charge on any atom is -0.444 e. The van der Waals surface area contributed by atoms with Crippen LogP contribution in [0.2, 0.25) is 0 Å². The fourth-order valence-electron chi connectivity index (χ4n) is 3.09. The number of rotatable bonds is 1. The summed E-state index contributed by atoms with van der Waals surface area (Å²) in [5.41, 5.74) is -0.529. The molecule has 0 atom stereocenters. The molecule has 2 bridgehead atoms. The quantitative estimate of drug-likeness (QED) is 0.782. The van der Waals surface area contributed by atoms with Gasteiger partial charge in [0.15, 0.2) is 0 Å². The molecule has 2 saturated heterocycles. The highest BCUT2D eigenvalue weighted by Gasteiger charge is 2.42. The van der Waals surface area contributed by atoms with Crippen molar-refractivity contribution in [1.29, 1.82) is 0 Å². The summed E-state index contributed by atoms with van der Waals surface area (Å²) in [6.45, 7) is 7.28. The van der Waals surface area contributed by atoms with E-state index in [1.54, 1.807) is 0 Å². The van der Waals surface area contributed by atoms with Crippen LogP contribution in [0.3, 0.4) is 0 Å². The van der Waals surface area contributed by atoms with Gasteiger partial charge in [-0.1, -0.05) is 0 Å². The van der Waals surface area contributed by atoms with Gasteiger partial charge in [-0.25, -0.2) is 4.79 Å². The smallest absolute Gasteiger partial charge is 0.410 e. The third-order valence-electron chi connectivity index (χ3n) is 4.16. The largest absolute Gasteiger partial charge is 0.444 e. The molecule has 4 nitrogen and oxygen atoms in total. The third kappa shape index (κ3) is 2.97. The van der Waals surface area contributed by atoms with E-state index in [2.05, 4.69) is 0 Å². The highest BCUT2D eigenvalue weighted by molar-refractivity contribution is 5.68. The van der Waals surface area contributed by atoms with Crippen LogP contribution in [0.15, 0.2) is 0 Å². The highest BCUT2D eigenvalue weighted by atomic mass is 16.6. The number of amides is 1. The fraction of sp³-hybridized carbons (Fsp3) is 0.929. The topological polar surface area (TPSA) is 49.8 Å². The Bertz CT molecular complexity index is 313. The maximum absolute atomic E-state index is 12.2. The second-order valence-corrected chi connectivity index (χ2v) is 6.96. The zero-order valence-electron chi connectivity index (χ0n) is 11.7. The summed E-state index contributed by atoms with van der Waals surface area (Å²) >= 11 is 0. The lowest BCUT2D eigenvalue weighted by Gasteiger charge is -2.35. The van der Waals surface area contributed by atoms with E-state index in [-0.39, 0.29) is 18.1 Å². The summed E-state index contributed by atoms with van der Waals surface area (Å²) in [6, 6.07) is 0. The zero-order chi connectivity index (χ0) is 13.4. The lowest BCUT2D eigenvalue weighted by Crippen LogP contribution is -2.43. The Hall–Kier alpha value is -0.770. The van der Waals surface area contributed by atoms with E-state index < -0.39 is 5.60 Å². The Morgan fingerprint density at radius 1 is 1.39 bits per heavy atom. The molecule has 4 heteroatoms. The molecule has 3 aliphatic rings. The first kappa shape index (κ1) is 13.7. The van der Waals surface area contributed by atoms with E-state index in [1.165, 1.54) is 0 Å². The summed E-state index contributed by atoms with van der Waals surface area (Å²) < 4.78 is 5.45. The normalized spacial score (nSPS) is 32.2. The molecule has 1 aliphatic carbocycles. The van der Waals surface area contributed by atoms with Crippen molar-refractivity contribution in [2.45, 2.75) is 52.1 Å². The molecule has 1 amide bonds. The van der Waals surface area contributed by atoms with Crippen LogP contribution in [0, 0.1) is 11.3 Å². The summed E-state index contributed by atoms with van der Waals surface area (Å²) in [6.07, 6.45) is 4.09.